The lowest BCUT2D eigenvalue weighted by Gasteiger charge is -2.30. The molecule has 0 radical (unpaired) electrons. The van der Waals surface area contributed by atoms with Crippen molar-refractivity contribution in [3.8, 4) is 0 Å². The Bertz CT molecular complexity index is 911. The van der Waals surface area contributed by atoms with Crippen LogP contribution >= 0.6 is 11.6 Å². The molecular weight excluding hydrogens is 440 g/mol. The number of esters is 1. The minimum atomic E-state index is -3.78. The first kappa shape index (κ1) is 25.6. The maximum absolute atomic E-state index is 13.1. The van der Waals surface area contributed by atoms with E-state index in [-0.39, 0.29) is 39.7 Å². The first-order valence-corrected chi connectivity index (χ1v) is 12.4. The number of rotatable bonds is 7. The highest BCUT2D eigenvalue weighted by molar-refractivity contribution is 7.89. The number of hydrogen-bond acceptors (Lipinski definition) is 5. The van der Waals surface area contributed by atoms with Crippen LogP contribution in [0.3, 0.4) is 0 Å². The number of nitrogens with zero attached hydrogens (tertiary/aromatic N) is 2. The van der Waals surface area contributed by atoms with Gasteiger partial charge in [-0.05, 0) is 64.2 Å². The van der Waals surface area contributed by atoms with Crippen LogP contribution in [0.2, 0.25) is 5.02 Å². The summed E-state index contributed by atoms with van der Waals surface area (Å²) in [5, 5.41) is 0.0994. The molecule has 9 heteroatoms. The molecular formula is C22H33ClN2O5S. The summed E-state index contributed by atoms with van der Waals surface area (Å²) in [4.78, 5) is 26.1. The van der Waals surface area contributed by atoms with Crippen molar-refractivity contribution < 1.29 is 22.7 Å². The monoisotopic (exact) mass is 472 g/mol. The minimum absolute atomic E-state index is 0.0451. The second-order valence-corrected chi connectivity index (χ2v) is 11.5. The smallest absolute Gasteiger partial charge is 0.306 e. The summed E-state index contributed by atoms with van der Waals surface area (Å²) < 4.78 is 33.0. The average Bonchev–Trinajstić information content (AvgIpc) is 2.66. The summed E-state index contributed by atoms with van der Waals surface area (Å²) >= 11 is 6.21. The van der Waals surface area contributed by atoms with E-state index in [4.69, 9.17) is 16.3 Å². The van der Waals surface area contributed by atoms with E-state index in [2.05, 4.69) is 0 Å². The van der Waals surface area contributed by atoms with Crippen LogP contribution in [-0.4, -0.2) is 61.8 Å². The summed E-state index contributed by atoms with van der Waals surface area (Å²) in [6.07, 6.45) is 2.44. The van der Waals surface area contributed by atoms with Gasteiger partial charge in [0, 0.05) is 38.7 Å². The number of ether oxygens (including phenoxy) is 1. The number of benzene rings is 1. The average molecular weight is 473 g/mol. The summed E-state index contributed by atoms with van der Waals surface area (Å²) in [5.41, 5.74) is -0.302. The Morgan fingerprint density at radius 3 is 2.58 bits per heavy atom. The quantitative estimate of drug-likeness (QED) is 0.561. The van der Waals surface area contributed by atoms with Gasteiger partial charge in [-0.15, -0.1) is 0 Å². The zero-order valence-electron chi connectivity index (χ0n) is 19.0. The van der Waals surface area contributed by atoms with Gasteiger partial charge < -0.3 is 9.64 Å². The molecule has 7 nitrogen and oxygen atoms in total. The topological polar surface area (TPSA) is 84.0 Å². The molecule has 1 unspecified atom stereocenters. The van der Waals surface area contributed by atoms with Crippen molar-refractivity contribution in [3.05, 3.63) is 28.8 Å². The summed E-state index contributed by atoms with van der Waals surface area (Å²) in [7, 11) is -2.17. The summed E-state index contributed by atoms with van der Waals surface area (Å²) in [5.74, 6) is -0.364. The molecule has 1 aliphatic rings. The van der Waals surface area contributed by atoms with E-state index in [0.29, 0.717) is 26.1 Å². The summed E-state index contributed by atoms with van der Waals surface area (Å²) in [6.45, 7) is 8.67. The fourth-order valence-corrected chi connectivity index (χ4v) is 5.61. The Morgan fingerprint density at radius 1 is 1.29 bits per heavy atom. The van der Waals surface area contributed by atoms with Crippen molar-refractivity contribution in [2.75, 3.05) is 26.7 Å². The second kappa shape index (κ2) is 10.3. The van der Waals surface area contributed by atoms with E-state index < -0.39 is 15.6 Å². The number of carbonyl (C=O) groups excluding carboxylic acids is 2. The minimum Gasteiger partial charge on any atom is -0.460 e. The molecule has 0 bridgehead atoms. The third kappa shape index (κ3) is 7.19. The van der Waals surface area contributed by atoms with Crippen LogP contribution < -0.4 is 0 Å². The number of amides is 1. The predicted octanol–water partition coefficient (Wildman–Crippen LogP) is 3.95. The van der Waals surface area contributed by atoms with Crippen LogP contribution in [0.25, 0.3) is 0 Å². The van der Waals surface area contributed by atoms with Crippen molar-refractivity contribution >= 4 is 33.5 Å². The molecule has 1 amide bonds. The lowest BCUT2D eigenvalue weighted by atomic mass is 10.0. The molecule has 1 heterocycles. The Morgan fingerprint density at radius 2 is 1.97 bits per heavy atom. The number of piperidine rings is 1. The number of hydrogen-bond donors (Lipinski definition) is 0. The normalized spacial score (nSPS) is 17.9. The lowest BCUT2D eigenvalue weighted by Crippen LogP contribution is -2.39. The van der Waals surface area contributed by atoms with Crippen molar-refractivity contribution in [2.45, 2.75) is 63.9 Å². The largest absolute Gasteiger partial charge is 0.460 e. The maximum Gasteiger partial charge on any atom is 0.306 e. The molecule has 0 N–H and O–H groups in total. The molecule has 1 aliphatic heterocycles. The first-order chi connectivity index (χ1) is 14.3. The van der Waals surface area contributed by atoms with Gasteiger partial charge in [-0.25, -0.2) is 8.42 Å². The van der Waals surface area contributed by atoms with Crippen molar-refractivity contribution in [3.63, 3.8) is 0 Å². The van der Waals surface area contributed by atoms with Gasteiger partial charge >= 0.3 is 5.97 Å². The third-order valence-corrected chi connectivity index (χ3v) is 7.40. The standard InChI is InChI=1S/C22H33ClN2O5S/c1-16-8-6-13-25(15-16)31(28,29)19-14-17(10-11-18(19)23)21(27)24(5)12-7-9-20(26)30-22(2,3)4/h10-11,14,16H,6-9,12-13,15H2,1-5H3. The predicted molar refractivity (Wildman–Crippen MR) is 121 cm³/mol. The van der Waals surface area contributed by atoms with Gasteiger partial charge in [-0.1, -0.05) is 18.5 Å². The van der Waals surface area contributed by atoms with Crippen LogP contribution in [0.1, 0.15) is 63.7 Å². The van der Waals surface area contributed by atoms with Crippen molar-refractivity contribution in [1.82, 2.24) is 9.21 Å². The van der Waals surface area contributed by atoms with Gasteiger partial charge in [0.1, 0.15) is 10.5 Å². The zero-order chi connectivity index (χ0) is 23.4. The highest BCUT2D eigenvalue weighted by Crippen LogP contribution is 2.29. The summed E-state index contributed by atoms with van der Waals surface area (Å²) in [6, 6.07) is 4.32. The fourth-order valence-electron chi connectivity index (χ4n) is 3.51. The van der Waals surface area contributed by atoms with Gasteiger partial charge in [0.2, 0.25) is 10.0 Å². The van der Waals surface area contributed by atoms with E-state index in [0.717, 1.165) is 12.8 Å². The molecule has 0 saturated carbocycles. The molecule has 0 spiro atoms. The molecule has 2 rings (SSSR count). The van der Waals surface area contributed by atoms with Gasteiger partial charge in [-0.3, -0.25) is 9.59 Å². The van der Waals surface area contributed by atoms with Crippen molar-refractivity contribution in [2.24, 2.45) is 5.92 Å². The third-order valence-electron chi connectivity index (χ3n) is 5.06. The van der Waals surface area contributed by atoms with Gasteiger partial charge in [-0.2, -0.15) is 4.31 Å². The van der Waals surface area contributed by atoms with Crippen LogP contribution in [-0.2, 0) is 19.6 Å². The van der Waals surface area contributed by atoms with Gasteiger partial charge in [0.05, 0.1) is 5.02 Å². The number of sulfonamides is 1. The second-order valence-electron chi connectivity index (χ2n) is 9.17. The van der Waals surface area contributed by atoms with E-state index in [1.807, 2.05) is 6.92 Å². The first-order valence-electron chi connectivity index (χ1n) is 10.6. The maximum atomic E-state index is 13.1. The molecule has 1 saturated heterocycles. The highest BCUT2D eigenvalue weighted by Gasteiger charge is 2.31. The van der Waals surface area contributed by atoms with E-state index in [9.17, 15) is 18.0 Å². The molecule has 1 atom stereocenters. The SMILES string of the molecule is CC1CCCN(S(=O)(=O)c2cc(C(=O)N(C)CCCC(=O)OC(C)(C)C)ccc2Cl)C1. The molecule has 31 heavy (non-hydrogen) atoms. The van der Waals surface area contributed by atoms with Crippen molar-refractivity contribution in [1.29, 1.82) is 0 Å². The van der Waals surface area contributed by atoms with E-state index in [1.54, 1.807) is 27.8 Å². The lowest BCUT2D eigenvalue weighted by molar-refractivity contribution is -0.154. The Labute approximate surface area is 190 Å². The number of halogens is 1. The van der Waals surface area contributed by atoms with Crippen LogP contribution in [0.15, 0.2) is 23.1 Å². The van der Waals surface area contributed by atoms with E-state index >= 15 is 0 Å². The van der Waals surface area contributed by atoms with Crippen LogP contribution in [0.5, 0.6) is 0 Å². The molecule has 0 aliphatic carbocycles. The molecule has 0 aromatic heterocycles. The van der Waals surface area contributed by atoms with Crippen LogP contribution in [0.4, 0.5) is 0 Å². The Hall–Kier alpha value is -1.64. The van der Waals surface area contributed by atoms with Gasteiger partial charge in [0.15, 0.2) is 0 Å². The highest BCUT2D eigenvalue weighted by atomic mass is 35.5. The van der Waals surface area contributed by atoms with Gasteiger partial charge in [0.25, 0.3) is 5.91 Å². The molecule has 1 aromatic carbocycles. The molecule has 1 fully saturated rings. The zero-order valence-corrected chi connectivity index (χ0v) is 20.6. The molecule has 174 valence electrons. The fraction of sp³-hybridized carbons (Fsp3) is 0.636. The Balaban J connectivity index is 2.08. The van der Waals surface area contributed by atoms with Crippen LogP contribution in [0, 0.1) is 5.92 Å². The number of carbonyl (C=O) groups is 2. The van der Waals surface area contributed by atoms with E-state index in [1.165, 1.54) is 27.4 Å². The Kier molecular flexibility index (Phi) is 8.53. The molecule has 1 aromatic rings.